The number of hydrogen-bond donors (Lipinski definition) is 2. The number of benzene rings is 1. The van der Waals surface area contributed by atoms with Crippen molar-refractivity contribution in [2.45, 2.75) is 44.2 Å². The highest BCUT2D eigenvalue weighted by Gasteiger charge is 2.10. The minimum atomic E-state index is 0.0951. The second-order valence-corrected chi connectivity index (χ2v) is 6.86. The molecule has 1 rings (SSSR count). The molecule has 18 heavy (non-hydrogen) atoms. The molecule has 102 valence electrons. The number of halogens is 1. The summed E-state index contributed by atoms with van der Waals surface area (Å²) in [5.41, 5.74) is 1.22. The fraction of sp³-hybridized carbons (Fsp3) is 0.571. The molecule has 0 radical (unpaired) electrons. The van der Waals surface area contributed by atoms with Crippen LogP contribution >= 0.6 is 23.4 Å². The first-order valence-corrected chi connectivity index (χ1v) is 7.56. The lowest BCUT2D eigenvalue weighted by molar-refractivity contribution is 0.296. The van der Waals surface area contributed by atoms with Gasteiger partial charge in [-0.2, -0.15) is 0 Å². The number of nitrogens with one attached hydrogen (secondary N) is 1. The number of hydrogen-bond acceptors (Lipinski definition) is 3. The fourth-order valence-electron chi connectivity index (χ4n) is 1.38. The summed E-state index contributed by atoms with van der Waals surface area (Å²) in [7, 11) is 0. The van der Waals surface area contributed by atoms with E-state index in [9.17, 15) is 0 Å². The SMILES string of the molecule is CC(C)(C)NCc1ccc(SCCCO)cc1Cl. The number of rotatable bonds is 6. The molecule has 0 unspecified atom stereocenters. The van der Waals surface area contributed by atoms with Crippen LogP contribution in [0.25, 0.3) is 0 Å². The van der Waals surface area contributed by atoms with Crippen LogP contribution in [0.4, 0.5) is 0 Å². The normalized spacial score (nSPS) is 11.8. The lowest BCUT2D eigenvalue weighted by atomic mass is 10.1. The van der Waals surface area contributed by atoms with Crippen molar-refractivity contribution < 1.29 is 5.11 Å². The van der Waals surface area contributed by atoms with Crippen LogP contribution in [0.5, 0.6) is 0 Å². The largest absolute Gasteiger partial charge is 0.396 e. The smallest absolute Gasteiger partial charge is 0.0462 e. The summed E-state index contributed by atoms with van der Waals surface area (Å²) in [6, 6.07) is 6.17. The molecule has 0 aliphatic heterocycles. The number of aliphatic hydroxyl groups excluding tert-OH is 1. The van der Waals surface area contributed by atoms with Crippen molar-refractivity contribution in [2.75, 3.05) is 12.4 Å². The van der Waals surface area contributed by atoms with E-state index in [4.69, 9.17) is 16.7 Å². The molecular formula is C14H22ClNOS. The van der Waals surface area contributed by atoms with Gasteiger partial charge < -0.3 is 10.4 Å². The highest BCUT2D eigenvalue weighted by Crippen LogP contribution is 2.25. The van der Waals surface area contributed by atoms with E-state index >= 15 is 0 Å². The van der Waals surface area contributed by atoms with Gasteiger partial charge in [0.05, 0.1) is 0 Å². The van der Waals surface area contributed by atoms with Crippen LogP contribution in [0.1, 0.15) is 32.8 Å². The van der Waals surface area contributed by atoms with Crippen LogP contribution in [0.2, 0.25) is 5.02 Å². The van der Waals surface area contributed by atoms with E-state index in [1.165, 1.54) is 0 Å². The van der Waals surface area contributed by atoms with Gasteiger partial charge in [-0.3, -0.25) is 0 Å². The van der Waals surface area contributed by atoms with Crippen LogP contribution in [0.15, 0.2) is 23.1 Å². The van der Waals surface area contributed by atoms with E-state index in [0.717, 1.165) is 34.2 Å². The maximum atomic E-state index is 8.74. The highest BCUT2D eigenvalue weighted by molar-refractivity contribution is 7.99. The number of thioether (sulfide) groups is 1. The summed E-state index contributed by atoms with van der Waals surface area (Å²) < 4.78 is 0. The van der Waals surface area contributed by atoms with Crippen molar-refractivity contribution in [3.63, 3.8) is 0 Å². The van der Waals surface area contributed by atoms with Crippen LogP contribution < -0.4 is 5.32 Å². The van der Waals surface area contributed by atoms with E-state index in [1.54, 1.807) is 11.8 Å². The zero-order valence-corrected chi connectivity index (χ0v) is 12.9. The predicted octanol–water partition coefficient (Wildman–Crippen LogP) is 3.70. The van der Waals surface area contributed by atoms with Crippen molar-refractivity contribution in [3.05, 3.63) is 28.8 Å². The minimum Gasteiger partial charge on any atom is -0.396 e. The van der Waals surface area contributed by atoms with E-state index in [2.05, 4.69) is 38.2 Å². The van der Waals surface area contributed by atoms with Gasteiger partial charge in [0, 0.05) is 34.4 Å². The Kier molecular flexibility index (Phi) is 6.50. The Balaban J connectivity index is 2.56. The summed E-state index contributed by atoms with van der Waals surface area (Å²) in [5, 5.41) is 13.0. The Hall–Kier alpha value is -0.220. The van der Waals surface area contributed by atoms with Gasteiger partial charge in [0.15, 0.2) is 0 Å². The van der Waals surface area contributed by atoms with Crippen LogP contribution in [-0.2, 0) is 6.54 Å². The van der Waals surface area contributed by atoms with Gasteiger partial charge >= 0.3 is 0 Å². The minimum absolute atomic E-state index is 0.0951. The third-order valence-electron chi connectivity index (χ3n) is 2.40. The van der Waals surface area contributed by atoms with Crippen LogP contribution in [-0.4, -0.2) is 23.0 Å². The highest BCUT2D eigenvalue weighted by atomic mass is 35.5. The monoisotopic (exact) mass is 287 g/mol. The molecule has 0 atom stereocenters. The Bertz CT molecular complexity index is 377. The van der Waals surface area contributed by atoms with Crippen molar-refractivity contribution in [1.29, 1.82) is 0 Å². The topological polar surface area (TPSA) is 32.3 Å². The lowest BCUT2D eigenvalue weighted by Crippen LogP contribution is -2.35. The Morgan fingerprint density at radius 3 is 2.61 bits per heavy atom. The van der Waals surface area contributed by atoms with E-state index in [-0.39, 0.29) is 12.1 Å². The molecular weight excluding hydrogens is 266 g/mol. The molecule has 0 saturated heterocycles. The average molecular weight is 288 g/mol. The van der Waals surface area contributed by atoms with Crippen molar-refractivity contribution in [1.82, 2.24) is 5.32 Å². The molecule has 0 amide bonds. The van der Waals surface area contributed by atoms with E-state index in [0.29, 0.717) is 0 Å². The summed E-state index contributed by atoms with van der Waals surface area (Å²) in [6.45, 7) is 7.44. The number of aliphatic hydroxyl groups is 1. The van der Waals surface area contributed by atoms with Gasteiger partial charge in [0.25, 0.3) is 0 Å². The van der Waals surface area contributed by atoms with Crippen molar-refractivity contribution in [3.8, 4) is 0 Å². The summed E-state index contributed by atoms with van der Waals surface area (Å²) >= 11 is 7.99. The Morgan fingerprint density at radius 1 is 1.33 bits per heavy atom. The summed E-state index contributed by atoms with van der Waals surface area (Å²) in [5.74, 6) is 0.923. The molecule has 0 aliphatic rings. The fourth-order valence-corrected chi connectivity index (χ4v) is 2.56. The quantitative estimate of drug-likeness (QED) is 0.618. The molecule has 0 heterocycles. The zero-order chi connectivity index (χ0) is 13.6. The van der Waals surface area contributed by atoms with E-state index in [1.807, 2.05) is 6.07 Å². The molecule has 1 aromatic rings. The predicted molar refractivity (Wildman–Crippen MR) is 80.5 cm³/mol. The van der Waals surface area contributed by atoms with Crippen molar-refractivity contribution in [2.24, 2.45) is 0 Å². The first-order valence-electron chi connectivity index (χ1n) is 6.19. The third-order valence-corrected chi connectivity index (χ3v) is 3.84. The lowest BCUT2D eigenvalue weighted by Gasteiger charge is -2.21. The van der Waals surface area contributed by atoms with Gasteiger partial charge in [-0.05, 0) is 44.9 Å². The first kappa shape index (κ1) is 15.8. The van der Waals surface area contributed by atoms with Gasteiger partial charge in [0.1, 0.15) is 0 Å². The summed E-state index contributed by atoms with van der Waals surface area (Å²) in [6.07, 6.45) is 0.815. The standard InChI is InChI=1S/C14H22ClNOS/c1-14(2,3)16-10-11-5-6-12(9-13(11)15)18-8-4-7-17/h5-6,9,16-17H,4,7-8,10H2,1-3H3. The second kappa shape index (κ2) is 7.39. The van der Waals surface area contributed by atoms with Crippen LogP contribution in [0, 0.1) is 0 Å². The van der Waals surface area contributed by atoms with Gasteiger partial charge in [-0.25, -0.2) is 0 Å². The second-order valence-electron chi connectivity index (χ2n) is 5.28. The van der Waals surface area contributed by atoms with Gasteiger partial charge in [-0.15, -0.1) is 11.8 Å². The maximum Gasteiger partial charge on any atom is 0.0462 e. The Labute approximate surface area is 119 Å². The van der Waals surface area contributed by atoms with E-state index < -0.39 is 0 Å². The molecule has 0 spiro atoms. The van der Waals surface area contributed by atoms with Gasteiger partial charge in [0.2, 0.25) is 0 Å². The molecule has 1 aromatic carbocycles. The molecule has 0 fully saturated rings. The molecule has 4 heteroatoms. The molecule has 0 bridgehead atoms. The average Bonchev–Trinajstić information content (AvgIpc) is 2.27. The van der Waals surface area contributed by atoms with Gasteiger partial charge in [-0.1, -0.05) is 17.7 Å². The third kappa shape index (κ3) is 6.10. The molecule has 2 nitrogen and oxygen atoms in total. The maximum absolute atomic E-state index is 8.74. The summed E-state index contributed by atoms with van der Waals surface area (Å²) in [4.78, 5) is 1.16. The Morgan fingerprint density at radius 2 is 2.06 bits per heavy atom. The molecule has 0 saturated carbocycles. The molecule has 2 N–H and O–H groups in total. The van der Waals surface area contributed by atoms with Crippen molar-refractivity contribution >= 4 is 23.4 Å². The molecule has 0 aromatic heterocycles. The zero-order valence-electron chi connectivity index (χ0n) is 11.3. The first-order chi connectivity index (χ1) is 8.42. The molecule has 0 aliphatic carbocycles. The van der Waals surface area contributed by atoms with Crippen LogP contribution in [0.3, 0.4) is 0 Å².